The highest BCUT2D eigenvalue weighted by Crippen LogP contribution is 2.17. The summed E-state index contributed by atoms with van der Waals surface area (Å²) >= 11 is 0. The Morgan fingerprint density at radius 2 is 1.97 bits per heavy atom. The summed E-state index contributed by atoms with van der Waals surface area (Å²) in [7, 11) is 1.57. The molecule has 4 aromatic rings. The Morgan fingerprint density at radius 1 is 1.11 bits per heavy atom. The number of pyridine rings is 1. The average molecular weight is 477 g/mol. The van der Waals surface area contributed by atoms with Crippen LogP contribution < -0.4 is 15.4 Å². The van der Waals surface area contributed by atoms with Crippen LogP contribution in [0.5, 0.6) is 5.75 Å². The second-order valence-electron chi connectivity index (χ2n) is 8.23. The Labute approximate surface area is 204 Å². The lowest BCUT2D eigenvalue weighted by molar-refractivity contribution is 0.0945. The molecule has 1 amide bonds. The first-order chi connectivity index (χ1) is 17.2. The number of para-hydroxylation sites is 2. The second kappa shape index (κ2) is 12.1. The Hall–Kier alpha value is -3.72. The molecular formula is C26H32N6O3. The minimum absolute atomic E-state index is 0.246. The predicted octanol–water partition coefficient (Wildman–Crippen LogP) is 3.53. The number of nitrogens with one attached hydrogen (secondary N) is 2. The van der Waals surface area contributed by atoms with Crippen LogP contribution in [0.15, 0.2) is 53.3 Å². The molecule has 9 heteroatoms. The number of fused-ring (bicyclic) bond motifs is 1. The number of methoxy groups -OCH3 is 1. The van der Waals surface area contributed by atoms with Gasteiger partial charge in [-0.2, -0.15) is 0 Å². The van der Waals surface area contributed by atoms with Crippen LogP contribution in [0, 0.1) is 0 Å². The van der Waals surface area contributed by atoms with Gasteiger partial charge in [-0.25, -0.2) is 9.97 Å². The summed E-state index contributed by atoms with van der Waals surface area (Å²) in [5, 5.41) is 6.23. The van der Waals surface area contributed by atoms with Crippen LogP contribution in [0.1, 0.15) is 47.7 Å². The van der Waals surface area contributed by atoms with E-state index < -0.39 is 0 Å². The smallest absolute Gasteiger partial charge is 0.273 e. The van der Waals surface area contributed by atoms with Crippen molar-refractivity contribution in [1.29, 1.82) is 0 Å². The lowest BCUT2D eigenvalue weighted by Gasteiger charge is -2.09. The molecule has 3 aromatic heterocycles. The largest absolute Gasteiger partial charge is 0.495 e. The van der Waals surface area contributed by atoms with E-state index in [9.17, 15) is 4.79 Å². The molecule has 0 saturated carbocycles. The normalized spacial score (nSPS) is 11.1. The van der Waals surface area contributed by atoms with E-state index in [1.807, 2.05) is 6.07 Å². The number of oxazole rings is 1. The number of amides is 1. The Balaban J connectivity index is 1.23. The molecule has 35 heavy (non-hydrogen) atoms. The maximum Gasteiger partial charge on any atom is 0.273 e. The number of hydrogen-bond acceptors (Lipinski definition) is 7. The summed E-state index contributed by atoms with van der Waals surface area (Å²) in [6, 6.07) is 11.9. The van der Waals surface area contributed by atoms with Gasteiger partial charge in [0.15, 0.2) is 11.6 Å². The van der Waals surface area contributed by atoms with E-state index in [1.165, 1.54) is 11.8 Å². The topological polar surface area (TPSA) is 107 Å². The molecule has 0 aliphatic rings. The zero-order chi connectivity index (χ0) is 24.5. The van der Waals surface area contributed by atoms with E-state index in [0.29, 0.717) is 30.3 Å². The number of imidazole rings is 1. The van der Waals surface area contributed by atoms with Crippen molar-refractivity contribution < 1.29 is 13.9 Å². The molecule has 184 valence electrons. The molecule has 0 aliphatic carbocycles. The van der Waals surface area contributed by atoms with Gasteiger partial charge in [-0.1, -0.05) is 25.5 Å². The monoisotopic (exact) mass is 476 g/mol. The van der Waals surface area contributed by atoms with Crippen molar-refractivity contribution in [1.82, 2.24) is 30.2 Å². The molecular weight excluding hydrogens is 444 g/mol. The molecule has 9 nitrogen and oxygen atoms in total. The summed E-state index contributed by atoms with van der Waals surface area (Å²) in [5.41, 5.74) is 3.15. The summed E-state index contributed by atoms with van der Waals surface area (Å²) in [4.78, 5) is 25.8. The number of unbranched alkanes of at least 4 members (excludes halogenated alkanes) is 1. The Bertz CT molecular complexity index is 1250. The first-order valence-corrected chi connectivity index (χ1v) is 12.0. The van der Waals surface area contributed by atoms with Crippen LogP contribution in [0.2, 0.25) is 0 Å². The Kier molecular flexibility index (Phi) is 8.45. The minimum Gasteiger partial charge on any atom is -0.495 e. The van der Waals surface area contributed by atoms with E-state index in [1.54, 1.807) is 25.4 Å². The molecule has 0 radical (unpaired) electrons. The van der Waals surface area contributed by atoms with Gasteiger partial charge in [-0.05, 0) is 30.7 Å². The number of benzene rings is 1. The zero-order valence-corrected chi connectivity index (χ0v) is 20.3. The number of nitrogens with zero attached hydrogens (tertiary/aromatic N) is 4. The summed E-state index contributed by atoms with van der Waals surface area (Å²) in [6.45, 7) is 4.93. The maximum atomic E-state index is 12.4. The molecule has 0 aliphatic heterocycles. The number of carbonyl (C=O) groups is 1. The molecule has 1 aromatic carbocycles. The highest BCUT2D eigenvalue weighted by molar-refractivity contribution is 5.91. The van der Waals surface area contributed by atoms with E-state index in [4.69, 9.17) is 14.1 Å². The van der Waals surface area contributed by atoms with Crippen molar-refractivity contribution in [3.8, 4) is 5.75 Å². The maximum absolute atomic E-state index is 12.4. The quantitative estimate of drug-likeness (QED) is 0.284. The summed E-state index contributed by atoms with van der Waals surface area (Å²) in [5.74, 6) is 1.94. The number of aryl methyl sites for hydroxylation is 1. The third-order valence-electron chi connectivity index (χ3n) is 5.78. The first kappa shape index (κ1) is 24.4. The van der Waals surface area contributed by atoms with Gasteiger partial charge in [0.05, 0.1) is 24.7 Å². The van der Waals surface area contributed by atoms with Crippen molar-refractivity contribution in [2.45, 2.75) is 45.7 Å². The van der Waals surface area contributed by atoms with Gasteiger partial charge in [-0.15, -0.1) is 0 Å². The molecule has 0 atom stereocenters. The number of hydrogen-bond donors (Lipinski definition) is 2. The fraction of sp³-hybridized carbons (Fsp3) is 0.385. The SMILES string of the molecule is CCCCn1c(CCNCCc2nc(C(=O)NCc3ncccc3OC)co2)nc2ccccc21. The standard InChI is InChI=1S/C26H32N6O3/c1-3-4-16-32-22-9-6-5-8-19(22)30-24(32)11-14-27-15-12-25-31-21(18-35-25)26(33)29-17-20-23(34-2)10-7-13-28-20/h5-10,13,18,27H,3-4,11-12,14-17H2,1-2H3,(H,29,33). The third kappa shape index (κ3) is 6.24. The van der Waals surface area contributed by atoms with Crippen LogP contribution in [-0.4, -0.2) is 45.6 Å². The molecule has 0 spiro atoms. The summed E-state index contributed by atoms with van der Waals surface area (Å²) in [6.07, 6.45) is 6.76. The van der Waals surface area contributed by atoms with Gasteiger partial charge >= 0.3 is 0 Å². The van der Waals surface area contributed by atoms with E-state index >= 15 is 0 Å². The molecule has 0 saturated heterocycles. The van der Waals surface area contributed by atoms with Crippen LogP contribution >= 0.6 is 0 Å². The molecule has 4 rings (SSSR count). The van der Waals surface area contributed by atoms with Crippen LogP contribution in [0.25, 0.3) is 11.0 Å². The lowest BCUT2D eigenvalue weighted by Crippen LogP contribution is -2.24. The van der Waals surface area contributed by atoms with Gasteiger partial charge in [0.2, 0.25) is 0 Å². The number of ether oxygens (including phenoxy) is 1. The predicted molar refractivity (Wildman–Crippen MR) is 133 cm³/mol. The van der Waals surface area contributed by atoms with Gasteiger partial charge in [0.25, 0.3) is 5.91 Å². The van der Waals surface area contributed by atoms with Gasteiger partial charge < -0.3 is 24.4 Å². The molecule has 2 N–H and O–H groups in total. The van der Waals surface area contributed by atoms with Crippen LogP contribution in [0.4, 0.5) is 0 Å². The van der Waals surface area contributed by atoms with Crippen molar-refractivity contribution >= 4 is 16.9 Å². The van der Waals surface area contributed by atoms with Crippen molar-refractivity contribution in [3.63, 3.8) is 0 Å². The molecule has 0 fully saturated rings. The average Bonchev–Trinajstić information content (AvgIpc) is 3.50. The fourth-order valence-corrected chi connectivity index (χ4v) is 3.93. The first-order valence-electron chi connectivity index (χ1n) is 12.0. The molecule has 3 heterocycles. The van der Waals surface area contributed by atoms with Gasteiger partial charge in [0.1, 0.15) is 23.5 Å². The van der Waals surface area contributed by atoms with Crippen LogP contribution in [-0.2, 0) is 25.9 Å². The number of aromatic nitrogens is 4. The second-order valence-corrected chi connectivity index (χ2v) is 8.23. The fourth-order valence-electron chi connectivity index (χ4n) is 3.93. The van der Waals surface area contributed by atoms with Crippen molar-refractivity contribution in [2.24, 2.45) is 0 Å². The highest BCUT2D eigenvalue weighted by Gasteiger charge is 2.14. The van der Waals surface area contributed by atoms with E-state index in [2.05, 4.69) is 50.3 Å². The van der Waals surface area contributed by atoms with Gasteiger partial charge in [0, 0.05) is 38.7 Å². The van der Waals surface area contributed by atoms with Crippen molar-refractivity contribution in [3.05, 3.63) is 72.0 Å². The third-order valence-corrected chi connectivity index (χ3v) is 5.78. The van der Waals surface area contributed by atoms with E-state index in [0.717, 1.165) is 43.7 Å². The Morgan fingerprint density at radius 3 is 2.83 bits per heavy atom. The summed E-state index contributed by atoms with van der Waals surface area (Å²) < 4.78 is 13.1. The van der Waals surface area contributed by atoms with E-state index in [-0.39, 0.29) is 18.1 Å². The van der Waals surface area contributed by atoms with Crippen LogP contribution in [0.3, 0.4) is 0 Å². The molecule has 0 unspecified atom stereocenters. The lowest BCUT2D eigenvalue weighted by atomic mass is 10.3. The minimum atomic E-state index is -0.313. The zero-order valence-electron chi connectivity index (χ0n) is 20.3. The highest BCUT2D eigenvalue weighted by atomic mass is 16.5. The number of carbonyl (C=O) groups excluding carboxylic acids is 1. The van der Waals surface area contributed by atoms with Crippen molar-refractivity contribution in [2.75, 3.05) is 20.2 Å². The number of rotatable bonds is 13. The van der Waals surface area contributed by atoms with Gasteiger partial charge in [-0.3, -0.25) is 9.78 Å². The molecule has 0 bridgehead atoms.